The van der Waals surface area contributed by atoms with Gasteiger partial charge in [-0.15, -0.1) is 0 Å². The van der Waals surface area contributed by atoms with E-state index in [1.165, 1.54) is 6.08 Å². The molecule has 0 aromatic rings. The monoisotopic (exact) mass is 221 g/mol. The summed E-state index contributed by atoms with van der Waals surface area (Å²) in [6.45, 7) is 0.656. The number of amides is 1. The maximum absolute atomic E-state index is 11.2. The first kappa shape index (κ1) is 11.9. The number of carbonyl (C=O) groups is 2. The number of rotatable bonds is 5. The van der Waals surface area contributed by atoms with E-state index in [1.54, 1.807) is 6.08 Å². The molecule has 1 amide bonds. The lowest BCUT2D eigenvalue weighted by atomic mass is 10.3. The second-order valence-corrected chi connectivity index (χ2v) is 2.98. The molecular formula is C10H11N3O3. The van der Waals surface area contributed by atoms with Crippen LogP contribution in [0.1, 0.15) is 12.8 Å². The highest BCUT2D eigenvalue weighted by molar-refractivity contribution is 6.32. The first-order valence-corrected chi connectivity index (χ1v) is 4.80. The second kappa shape index (κ2) is 6.35. The Morgan fingerprint density at radius 1 is 1.69 bits per heavy atom. The highest BCUT2D eigenvalue weighted by atomic mass is 16.6. The van der Waals surface area contributed by atoms with E-state index in [9.17, 15) is 9.59 Å². The van der Waals surface area contributed by atoms with Gasteiger partial charge in [0, 0.05) is 6.42 Å². The zero-order valence-electron chi connectivity index (χ0n) is 8.63. The van der Waals surface area contributed by atoms with Crippen LogP contribution >= 0.6 is 0 Å². The molecule has 1 heterocycles. The summed E-state index contributed by atoms with van der Waals surface area (Å²) in [6, 6.07) is 1.96. The molecule has 1 saturated heterocycles. The molecule has 1 aliphatic rings. The van der Waals surface area contributed by atoms with Gasteiger partial charge in [-0.25, -0.2) is 4.79 Å². The van der Waals surface area contributed by atoms with Crippen molar-refractivity contribution in [3.8, 4) is 6.07 Å². The third kappa shape index (κ3) is 3.92. The summed E-state index contributed by atoms with van der Waals surface area (Å²) >= 11 is 0. The van der Waals surface area contributed by atoms with E-state index in [-0.39, 0.29) is 5.78 Å². The van der Waals surface area contributed by atoms with Crippen molar-refractivity contribution >= 4 is 18.1 Å². The Balaban J connectivity index is 2.33. The van der Waals surface area contributed by atoms with Gasteiger partial charge in [-0.1, -0.05) is 6.08 Å². The van der Waals surface area contributed by atoms with Crippen molar-refractivity contribution in [1.29, 1.82) is 5.26 Å². The van der Waals surface area contributed by atoms with Crippen molar-refractivity contribution in [3.63, 3.8) is 0 Å². The Morgan fingerprint density at radius 2 is 2.50 bits per heavy atom. The number of cyclic esters (lactones) is 1. The summed E-state index contributed by atoms with van der Waals surface area (Å²) in [7, 11) is 0. The van der Waals surface area contributed by atoms with Gasteiger partial charge in [-0.05, 0) is 12.5 Å². The standard InChI is InChI=1S/C10H11N3O3/c11-5-3-1-2-4-9(14)8-12-13-6-7-16-10(13)15/h2,4,8H,1,3,6-7H2/b4-2+,12-8+. The lowest BCUT2D eigenvalue weighted by molar-refractivity contribution is -0.108. The molecule has 0 aromatic heterocycles. The maximum Gasteiger partial charge on any atom is 0.430 e. The van der Waals surface area contributed by atoms with E-state index in [4.69, 9.17) is 5.26 Å². The van der Waals surface area contributed by atoms with E-state index in [0.29, 0.717) is 26.0 Å². The van der Waals surface area contributed by atoms with Crippen molar-refractivity contribution in [2.24, 2.45) is 5.10 Å². The molecule has 84 valence electrons. The number of nitriles is 1. The molecule has 0 bridgehead atoms. The summed E-state index contributed by atoms with van der Waals surface area (Å²) < 4.78 is 4.62. The molecule has 1 fully saturated rings. The highest BCUT2D eigenvalue weighted by Gasteiger charge is 2.20. The van der Waals surface area contributed by atoms with Crippen LogP contribution in [0.2, 0.25) is 0 Å². The van der Waals surface area contributed by atoms with Crippen LogP contribution in [0.4, 0.5) is 4.79 Å². The minimum atomic E-state index is -0.544. The van der Waals surface area contributed by atoms with Gasteiger partial charge in [-0.3, -0.25) is 4.79 Å². The molecule has 0 saturated carbocycles. The zero-order valence-corrected chi connectivity index (χ0v) is 8.63. The predicted molar refractivity (Wildman–Crippen MR) is 55.5 cm³/mol. The Bertz CT molecular complexity index is 368. The molecule has 1 aliphatic heterocycles. The highest BCUT2D eigenvalue weighted by Crippen LogP contribution is 2.02. The van der Waals surface area contributed by atoms with Crippen molar-refractivity contribution in [3.05, 3.63) is 12.2 Å². The van der Waals surface area contributed by atoms with E-state index in [2.05, 4.69) is 9.84 Å². The molecule has 16 heavy (non-hydrogen) atoms. The summed E-state index contributed by atoms with van der Waals surface area (Å²) in [5.41, 5.74) is 0. The molecule has 1 rings (SSSR count). The number of hydrazone groups is 1. The molecule has 0 radical (unpaired) electrons. The molecule has 0 unspecified atom stereocenters. The summed E-state index contributed by atoms with van der Waals surface area (Å²) in [5, 5.41) is 13.0. The summed E-state index contributed by atoms with van der Waals surface area (Å²) in [4.78, 5) is 22.1. The quantitative estimate of drug-likeness (QED) is 0.391. The number of allylic oxidation sites excluding steroid dienone is 2. The van der Waals surface area contributed by atoms with Gasteiger partial charge in [0.05, 0.1) is 18.8 Å². The van der Waals surface area contributed by atoms with E-state index in [1.807, 2.05) is 6.07 Å². The number of ketones is 1. The largest absolute Gasteiger partial charge is 0.446 e. The van der Waals surface area contributed by atoms with Crippen molar-refractivity contribution in [2.45, 2.75) is 12.8 Å². The minimum absolute atomic E-state index is 0.294. The van der Waals surface area contributed by atoms with Crippen molar-refractivity contribution < 1.29 is 14.3 Å². The summed E-state index contributed by atoms with van der Waals surface area (Å²) in [6.07, 6.45) is 4.33. The minimum Gasteiger partial charge on any atom is -0.446 e. The second-order valence-electron chi connectivity index (χ2n) is 2.98. The lowest BCUT2D eigenvalue weighted by Crippen LogP contribution is -2.18. The number of hydrogen-bond donors (Lipinski definition) is 0. The van der Waals surface area contributed by atoms with Gasteiger partial charge in [0.25, 0.3) is 0 Å². The number of hydrogen-bond acceptors (Lipinski definition) is 5. The first-order chi connectivity index (χ1) is 7.74. The fourth-order valence-electron chi connectivity index (χ4n) is 1.01. The molecule has 0 aliphatic carbocycles. The maximum atomic E-state index is 11.2. The van der Waals surface area contributed by atoms with Gasteiger partial charge in [0.1, 0.15) is 6.61 Å². The van der Waals surface area contributed by atoms with E-state index < -0.39 is 6.09 Å². The fraction of sp³-hybridized carbons (Fsp3) is 0.400. The van der Waals surface area contributed by atoms with E-state index in [0.717, 1.165) is 11.2 Å². The molecule has 6 nitrogen and oxygen atoms in total. The average Bonchev–Trinajstić information content (AvgIpc) is 2.67. The SMILES string of the molecule is N#CCC/C=C/C(=O)/C=N/N1CCOC1=O. The van der Waals surface area contributed by atoms with Gasteiger partial charge >= 0.3 is 6.09 Å². The Kier molecular flexibility index (Phi) is 4.73. The van der Waals surface area contributed by atoms with Gasteiger partial charge < -0.3 is 4.74 Å². The van der Waals surface area contributed by atoms with Crippen molar-refractivity contribution in [2.75, 3.05) is 13.2 Å². The molecule has 6 heteroatoms. The molecule has 0 atom stereocenters. The number of carbonyl (C=O) groups excluding carboxylic acids is 2. The van der Waals surface area contributed by atoms with Crippen LogP contribution in [0.3, 0.4) is 0 Å². The molecule has 0 aromatic carbocycles. The Hall–Kier alpha value is -2.16. The van der Waals surface area contributed by atoms with Crippen LogP contribution in [0.25, 0.3) is 0 Å². The number of ether oxygens (including phenoxy) is 1. The normalized spacial score (nSPS) is 15.7. The third-order valence-corrected chi connectivity index (χ3v) is 1.77. The van der Waals surface area contributed by atoms with Crippen LogP contribution in [0, 0.1) is 11.3 Å². The topological polar surface area (TPSA) is 82.8 Å². The fourth-order valence-corrected chi connectivity index (χ4v) is 1.01. The predicted octanol–water partition coefficient (Wildman–Crippen LogP) is 0.853. The number of nitrogens with zero attached hydrogens (tertiary/aromatic N) is 3. The van der Waals surface area contributed by atoms with Crippen LogP contribution in [-0.4, -0.2) is 36.3 Å². The third-order valence-electron chi connectivity index (χ3n) is 1.77. The Labute approximate surface area is 92.8 Å². The van der Waals surface area contributed by atoms with Gasteiger partial charge in [0.15, 0.2) is 5.78 Å². The van der Waals surface area contributed by atoms with Gasteiger partial charge in [-0.2, -0.15) is 15.4 Å². The van der Waals surface area contributed by atoms with E-state index >= 15 is 0 Å². The molecule has 0 N–H and O–H groups in total. The van der Waals surface area contributed by atoms with Crippen molar-refractivity contribution in [1.82, 2.24) is 5.01 Å². The molecule has 0 spiro atoms. The van der Waals surface area contributed by atoms with Crippen LogP contribution < -0.4 is 0 Å². The Morgan fingerprint density at radius 3 is 3.12 bits per heavy atom. The zero-order chi connectivity index (χ0) is 11.8. The van der Waals surface area contributed by atoms with Crippen LogP contribution in [-0.2, 0) is 9.53 Å². The van der Waals surface area contributed by atoms with Gasteiger partial charge in [0.2, 0.25) is 0 Å². The first-order valence-electron chi connectivity index (χ1n) is 4.80. The molecular weight excluding hydrogens is 210 g/mol. The van der Waals surface area contributed by atoms with Crippen LogP contribution in [0.5, 0.6) is 0 Å². The number of unbranched alkanes of at least 4 members (excludes halogenated alkanes) is 1. The lowest BCUT2D eigenvalue weighted by Gasteiger charge is -2.01. The average molecular weight is 221 g/mol. The smallest absolute Gasteiger partial charge is 0.430 e. The summed E-state index contributed by atoms with van der Waals surface area (Å²) in [5.74, 6) is -0.322. The van der Waals surface area contributed by atoms with Crippen LogP contribution in [0.15, 0.2) is 17.3 Å².